The molecule has 5 heteroatoms. The number of halogens is 1. The van der Waals surface area contributed by atoms with Crippen molar-refractivity contribution < 1.29 is 14.3 Å². The monoisotopic (exact) mass is 333 g/mol. The lowest BCUT2D eigenvalue weighted by Gasteiger charge is -2.12. The van der Waals surface area contributed by atoms with Gasteiger partial charge < -0.3 is 14.8 Å². The molecule has 122 valence electrons. The van der Waals surface area contributed by atoms with Crippen LogP contribution >= 0.6 is 11.6 Å². The average molecular weight is 334 g/mol. The summed E-state index contributed by atoms with van der Waals surface area (Å²) >= 11 is 5.82. The molecule has 2 rings (SSSR count). The first kappa shape index (κ1) is 17.2. The average Bonchev–Trinajstić information content (AvgIpc) is 2.56. The number of aryl methyl sites for hydroxylation is 1. The van der Waals surface area contributed by atoms with Crippen LogP contribution in [0.25, 0.3) is 0 Å². The Labute approximate surface area is 141 Å². The van der Waals surface area contributed by atoms with Crippen molar-refractivity contribution in [1.29, 1.82) is 0 Å². The number of hydrogen-bond acceptors (Lipinski definition) is 4. The molecule has 0 bridgehead atoms. The van der Waals surface area contributed by atoms with Gasteiger partial charge in [-0.3, -0.25) is 0 Å². The second-order valence-electron chi connectivity index (χ2n) is 5.12. The number of ether oxygens (including phenoxy) is 2. The molecule has 0 spiro atoms. The van der Waals surface area contributed by atoms with Crippen molar-refractivity contribution >= 4 is 23.3 Å². The van der Waals surface area contributed by atoms with E-state index >= 15 is 0 Å². The number of carbonyl (C=O) groups is 1. The molecule has 4 nitrogen and oxygen atoms in total. The molecule has 0 aliphatic carbocycles. The first-order valence-corrected chi connectivity index (χ1v) is 7.79. The van der Waals surface area contributed by atoms with E-state index < -0.39 is 0 Å². The predicted molar refractivity (Wildman–Crippen MR) is 92.6 cm³/mol. The Kier molecular flexibility index (Phi) is 6.29. The van der Waals surface area contributed by atoms with E-state index in [0.717, 1.165) is 23.4 Å². The molecule has 0 heterocycles. The van der Waals surface area contributed by atoms with Crippen molar-refractivity contribution in [2.75, 3.05) is 25.6 Å². The van der Waals surface area contributed by atoms with Gasteiger partial charge in [-0.15, -0.1) is 0 Å². The summed E-state index contributed by atoms with van der Waals surface area (Å²) in [4.78, 5) is 11.8. The maximum absolute atomic E-state index is 11.8. The predicted octanol–water partition coefficient (Wildman–Crippen LogP) is 4.32. The van der Waals surface area contributed by atoms with Crippen LogP contribution in [0.3, 0.4) is 0 Å². The van der Waals surface area contributed by atoms with Gasteiger partial charge in [-0.1, -0.05) is 23.2 Å². The van der Waals surface area contributed by atoms with E-state index in [4.69, 9.17) is 21.1 Å². The summed E-state index contributed by atoms with van der Waals surface area (Å²) < 4.78 is 10.4. The van der Waals surface area contributed by atoms with Gasteiger partial charge in [-0.25, -0.2) is 4.79 Å². The Morgan fingerprint density at radius 3 is 2.61 bits per heavy atom. The smallest absolute Gasteiger partial charge is 0.339 e. The number of benzene rings is 2. The highest BCUT2D eigenvalue weighted by Crippen LogP contribution is 2.19. The SMILES string of the molecule is COC(=O)c1cc(C)ccc1NCCCOc1ccc(Cl)cc1. The van der Waals surface area contributed by atoms with E-state index in [2.05, 4.69) is 5.32 Å². The second-order valence-corrected chi connectivity index (χ2v) is 5.56. The molecule has 0 aliphatic heterocycles. The van der Waals surface area contributed by atoms with Crippen LogP contribution in [0.1, 0.15) is 22.3 Å². The molecule has 1 N–H and O–H groups in total. The van der Waals surface area contributed by atoms with Gasteiger partial charge in [-0.05, 0) is 49.7 Å². The van der Waals surface area contributed by atoms with Crippen LogP contribution in [-0.2, 0) is 4.74 Å². The van der Waals surface area contributed by atoms with Gasteiger partial charge in [0.1, 0.15) is 5.75 Å². The molecule has 23 heavy (non-hydrogen) atoms. The van der Waals surface area contributed by atoms with Crippen molar-refractivity contribution in [3.63, 3.8) is 0 Å². The van der Waals surface area contributed by atoms with Gasteiger partial charge in [0.05, 0.1) is 19.3 Å². The molecule has 0 amide bonds. The van der Waals surface area contributed by atoms with Gasteiger partial charge in [-0.2, -0.15) is 0 Å². The zero-order valence-corrected chi connectivity index (χ0v) is 14.0. The molecule has 0 aliphatic rings. The van der Waals surface area contributed by atoms with Crippen LogP contribution in [0.4, 0.5) is 5.69 Å². The standard InChI is InChI=1S/C18H20ClNO3/c1-13-4-9-17(16(12-13)18(21)22-2)20-10-3-11-23-15-7-5-14(19)6-8-15/h4-9,12,20H,3,10-11H2,1-2H3. The third-order valence-corrected chi connectivity index (χ3v) is 3.55. The van der Waals surface area contributed by atoms with E-state index in [1.54, 1.807) is 12.1 Å². The van der Waals surface area contributed by atoms with Gasteiger partial charge in [0, 0.05) is 17.3 Å². The summed E-state index contributed by atoms with van der Waals surface area (Å²) in [5.41, 5.74) is 2.34. The van der Waals surface area contributed by atoms with Crippen LogP contribution in [0, 0.1) is 6.92 Å². The molecule has 2 aromatic rings. The van der Waals surface area contributed by atoms with Gasteiger partial charge in [0.2, 0.25) is 0 Å². The minimum atomic E-state index is -0.339. The Hall–Kier alpha value is -2.20. The first-order chi connectivity index (χ1) is 11.1. The topological polar surface area (TPSA) is 47.6 Å². The normalized spacial score (nSPS) is 10.2. The lowest BCUT2D eigenvalue weighted by atomic mass is 10.1. The summed E-state index contributed by atoms with van der Waals surface area (Å²) in [5, 5.41) is 3.94. The number of carbonyl (C=O) groups excluding carboxylic acids is 1. The molecule has 0 fully saturated rings. The number of nitrogens with one attached hydrogen (secondary N) is 1. The highest BCUT2D eigenvalue weighted by Gasteiger charge is 2.11. The summed E-state index contributed by atoms with van der Waals surface area (Å²) in [6.45, 7) is 3.21. The molecule has 2 aromatic carbocycles. The minimum absolute atomic E-state index is 0.339. The van der Waals surface area contributed by atoms with Crippen LogP contribution in [0.5, 0.6) is 5.75 Å². The number of esters is 1. The second kappa shape index (κ2) is 8.44. The van der Waals surface area contributed by atoms with Crippen LogP contribution < -0.4 is 10.1 Å². The lowest BCUT2D eigenvalue weighted by Crippen LogP contribution is -2.11. The van der Waals surface area contributed by atoms with Crippen LogP contribution in [-0.4, -0.2) is 26.2 Å². The number of anilines is 1. The fourth-order valence-corrected chi connectivity index (χ4v) is 2.23. The molecule has 0 radical (unpaired) electrons. The van der Waals surface area contributed by atoms with Crippen molar-refractivity contribution in [3.05, 3.63) is 58.6 Å². The Bertz CT molecular complexity index is 656. The van der Waals surface area contributed by atoms with Gasteiger partial charge in [0.25, 0.3) is 0 Å². The van der Waals surface area contributed by atoms with Crippen molar-refractivity contribution in [1.82, 2.24) is 0 Å². The van der Waals surface area contributed by atoms with Gasteiger partial charge in [0.15, 0.2) is 0 Å². The van der Waals surface area contributed by atoms with Crippen LogP contribution in [0.2, 0.25) is 5.02 Å². The maximum Gasteiger partial charge on any atom is 0.339 e. The summed E-state index contributed by atoms with van der Waals surface area (Å²) in [5.74, 6) is 0.452. The largest absolute Gasteiger partial charge is 0.494 e. The Morgan fingerprint density at radius 1 is 1.17 bits per heavy atom. The van der Waals surface area contributed by atoms with E-state index in [0.29, 0.717) is 23.7 Å². The molecular weight excluding hydrogens is 314 g/mol. The number of methoxy groups -OCH3 is 1. The summed E-state index contributed by atoms with van der Waals surface area (Å²) in [6, 6.07) is 12.9. The fourth-order valence-electron chi connectivity index (χ4n) is 2.11. The van der Waals surface area contributed by atoms with E-state index in [9.17, 15) is 4.79 Å². The molecule has 0 unspecified atom stereocenters. The zero-order valence-electron chi connectivity index (χ0n) is 13.3. The Balaban J connectivity index is 1.82. The number of rotatable bonds is 7. The molecule has 0 aromatic heterocycles. The van der Waals surface area contributed by atoms with Crippen molar-refractivity contribution in [2.24, 2.45) is 0 Å². The van der Waals surface area contributed by atoms with E-state index in [-0.39, 0.29) is 5.97 Å². The van der Waals surface area contributed by atoms with Crippen molar-refractivity contribution in [3.8, 4) is 5.75 Å². The molecule has 0 saturated carbocycles. The Morgan fingerprint density at radius 2 is 1.91 bits per heavy atom. The quantitative estimate of drug-likeness (QED) is 0.605. The highest BCUT2D eigenvalue weighted by molar-refractivity contribution is 6.30. The molecule has 0 saturated heterocycles. The van der Waals surface area contributed by atoms with Crippen molar-refractivity contribution in [2.45, 2.75) is 13.3 Å². The highest BCUT2D eigenvalue weighted by atomic mass is 35.5. The lowest BCUT2D eigenvalue weighted by molar-refractivity contribution is 0.0601. The van der Waals surface area contributed by atoms with E-state index in [1.807, 2.05) is 37.3 Å². The third-order valence-electron chi connectivity index (χ3n) is 3.30. The third kappa shape index (κ3) is 5.18. The summed E-state index contributed by atoms with van der Waals surface area (Å²) in [6.07, 6.45) is 0.803. The summed E-state index contributed by atoms with van der Waals surface area (Å²) in [7, 11) is 1.38. The van der Waals surface area contributed by atoms with Gasteiger partial charge >= 0.3 is 5.97 Å². The number of hydrogen-bond donors (Lipinski definition) is 1. The zero-order chi connectivity index (χ0) is 16.7. The van der Waals surface area contributed by atoms with E-state index in [1.165, 1.54) is 7.11 Å². The molecule has 0 atom stereocenters. The minimum Gasteiger partial charge on any atom is -0.494 e. The first-order valence-electron chi connectivity index (χ1n) is 7.41. The fraction of sp³-hybridized carbons (Fsp3) is 0.278. The molecular formula is C18H20ClNO3. The van der Waals surface area contributed by atoms with Crippen LogP contribution in [0.15, 0.2) is 42.5 Å². The maximum atomic E-state index is 11.8.